The summed E-state index contributed by atoms with van der Waals surface area (Å²) in [5, 5.41) is 0. The minimum Gasteiger partial charge on any atom is -0.417 e. The Morgan fingerprint density at radius 3 is 2.91 bits per heavy atom. The Bertz CT molecular complexity index is 104. The van der Waals surface area contributed by atoms with E-state index in [0.717, 1.165) is 31.9 Å². The van der Waals surface area contributed by atoms with Gasteiger partial charge in [-0.25, -0.2) is 4.39 Å². The van der Waals surface area contributed by atoms with E-state index in [9.17, 15) is 4.39 Å². The fourth-order valence-corrected chi connectivity index (χ4v) is 4.12. The van der Waals surface area contributed by atoms with Crippen LogP contribution in [-0.2, 0) is 4.43 Å². The minimum atomic E-state index is -1.40. The predicted octanol–water partition coefficient (Wildman–Crippen LogP) is 2.20. The second-order valence-electron chi connectivity index (χ2n) is 3.21. The van der Waals surface area contributed by atoms with Crippen LogP contribution in [0.4, 0.5) is 4.39 Å². The van der Waals surface area contributed by atoms with E-state index in [1.165, 1.54) is 6.42 Å². The van der Waals surface area contributed by atoms with E-state index in [2.05, 4.69) is 0 Å². The number of hydrogen-bond acceptors (Lipinski definition) is 1. The van der Waals surface area contributed by atoms with Gasteiger partial charge >= 0.3 is 0 Å². The number of rotatable bonds is 3. The highest BCUT2D eigenvalue weighted by Gasteiger charge is 2.25. The van der Waals surface area contributed by atoms with Crippen molar-refractivity contribution in [1.82, 2.24) is 0 Å². The van der Waals surface area contributed by atoms with Crippen molar-refractivity contribution >= 4 is 9.04 Å². The van der Waals surface area contributed by atoms with Gasteiger partial charge in [-0.1, -0.05) is 19.8 Å². The lowest BCUT2D eigenvalue weighted by molar-refractivity contribution is 0.249. The molecule has 0 aromatic heterocycles. The van der Waals surface area contributed by atoms with E-state index in [0.29, 0.717) is 0 Å². The molecule has 0 aromatic rings. The SMILES string of the molecule is CCCC(F)[SiH]1CCCCO1. The van der Waals surface area contributed by atoms with Gasteiger partial charge in [-0.2, -0.15) is 0 Å². The van der Waals surface area contributed by atoms with E-state index in [1.807, 2.05) is 6.92 Å². The normalized spacial score (nSPS) is 28.4. The second kappa shape index (κ2) is 4.88. The number of alkyl halides is 1. The zero-order valence-electron chi connectivity index (χ0n) is 7.18. The molecule has 3 heteroatoms. The van der Waals surface area contributed by atoms with Crippen molar-refractivity contribution in [1.29, 1.82) is 0 Å². The average molecular weight is 176 g/mol. The first-order valence-electron chi connectivity index (χ1n) is 4.60. The van der Waals surface area contributed by atoms with Crippen molar-refractivity contribution in [3.05, 3.63) is 0 Å². The van der Waals surface area contributed by atoms with E-state index >= 15 is 0 Å². The summed E-state index contributed by atoms with van der Waals surface area (Å²) in [5.41, 5.74) is 0. The molecule has 1 rings (SSSR count). The molecule has 0 amide bonds. The summed E-state index contributed by atoms with van der Waals surface area (Å²) in [6, 6.07) is 1.06. The van der Waals surface area contributed by atoms with Crippen LogP contribution in [0.15, 0.2) is 0 Å². The molecule has 1 aliphatic rings. The lowest BCUT2D eigenvalue weighted by Gasteiger charge is -2.23. The van der Waals surface area contributed by atoms with Gasteiger partial charge in [-0.05, 0) is 18.9 Å². The maximum atomic E-state index is 13.2. The lowest BCUT2D eigenvalue weighted by Crippen LogP contribution is -2.33. The van der Waals surface area contributed by atoms with Gasteiger partial charge in [0.05, 0.1) is 0 Å². The van der Waals surface area contributed by atoms with Crippen LogP contribution < -0.4 is 0 Å². The van der Waals surface area contributed by atoms with Crippen molar-refractivity contribution in [2.24, 2.45) is 0 Å². The Morgan fingerprint density at radius 2 is 2.36 bits per heavy atom. The lowest BCUT2D eigenvalue weighted by atomic mass is 10.3. The topological polar surface area (TPSA) is 9.23 Å². The molecule has 11 heavy (non-hydrogen) atoms. The summed E-state index contributed by atoms with van der Waals surface area (Å²) in [6.07, 6.45) is 4.01. The summed E-state index contributed by atoms with van der Waals surface area (Å²) in [6.45, 7) is 2.85. The number of halogens is 1. The van der Waals surface area contributed by atoms with Gasteiger partial charge in [-0.3, -0.25) is 0 Å². The zero-order valence-corrected chi connectivity index (χ0v) is 8.34. The summed E-state index contributed by atoms with van der Waals surface area (Å²) in [5.74, 6) is -0.583. The Labute approximate surface area is 69.7 Å². The first-order chi connectivity index (χ1) is 5.34. The quantitative estimate of drug-likeness (QED) is 0.599. The Balaban J connectivity index is 2.21. The van der Waals surface area contributed by atoms with Gasteiger partial charge in [0.25, 0.3) is 0 Å². The van der Waals surface area contributed by atoms with E-state index < -0.39 is 14.8 Å². The molecule has 0 N–H and O–H groups in total. The summed E-state index contributed by atoms with van der Waals surface area (Å²) < 4.78 is 18.7. The van der Waals surface area contributed by atoms with Gasteiger partial charge in [0.2, 0.25) is 9.04 Å². The maximum absolute atomic E-state index is 13.2. The monoisotopic (exact) mass is 176 g/mol. The summed E-state index contributed by atoms with van der Waals surface area (Å²) in [4.78, 5) is 0. The first-order valence-corrected chi connectivity index (χ1v) is 6.55. The molecule has 0 spiro atoms. The standard InChI is InChI=1S/C8H17FOSi/c1-2-5-8(9)11-7-4-3-6-10-11/h8,11H,2-7H2,1H3. The second-order valence-corrected chi connectivity index (χ2v) is 5.92. The Morgan fingerprint density at radius 1 is 1.55 bits per heavy atom. The summed E-state index contributed by atoms with van der Waals surface area (Å²) in [7, 11) is -1.40. The molecular formula is C8H17FOSi. The van der Waals surface area contributed by atoms with Crippen LogP contribution >= 0.6 is 0 Å². The molecule has 0 aromatic carbocycles. The predicted molar refractivity (Wildman–Crippen MR) is 46.9 cm³/mol. The third kappa shape index (κ3) is 2.91. The molecule has 2 atom stereocenters. The molecule has 0 aliphatic carbocycles. The highest BCUT2D eigenvalue weighted by molar-refractivity contribution is 6.53. The average Bonchev–Trinajstić information content (AvgIpc) is 2.07. The van der Waals surface area contributed by atoms with Gasteiger partial charge in [0, 0.05) is 6.61 Å². The number of hydrogen-bond donors (Lipinski definition) is 0. The first kappa shape index (κ1) is 9.20. The van der Waals surface area contributed by atoms with Crippen LogP contribution in [0.5, 0.6) is 0 Å². The molecule has 1 nitrogen and oxygen atoms in total. The molecule has 1 saturated heterocycles. The van der Waals surface area contributed by atoms with Crippen LogP contribution in [0, 0.1) is 0 Å². The van der Waals surface area contributed by atoms with Crippen LogP contribution in [0.1, 0.15) is 32.6 Å². The molecule has 1 fully saturated rings. The molecule has 2 unspecified atom stereocenters. The Hall–Kier alpha value is 0.107. The van der Waals surface area contributed by atoms with Crippen molar-refractivity contribution < 1.29 is 8.82 Å². The third-order valence-corrected chi connectivity index (χ3v) is 4.96. The third-order valence-electron chi connectivity index (χ3n) is 2.18. The molecule has 0 radical (unpaired) electrons. The van der Waals surface area contributed by atoms with Crippen LogP contribution in [0.2, 0.25) is 6.04 Å². The zero-order chi connectivity index (χ0) is 8.10. The fourth-order valence-electron chi connectivity index (χ4n) is 1.51. The fraction of sp³-hybridized carbons (Fsp3) is 1.00. The highest BCUT2D eigenvalue weighted by Crippen LogP contribution is 2.18. The van der Waals surface area contributed by atoms with Crippen molar-refractivity contribution in [2.75, 3.05) is 6.61 Å². The van der Waals surface area contributed by atoms with E-state index in [1.54, 1.807) is 0 Å². The van der Waals surface area contributed by atoms with E-state index in [-0.39, 0.29) is 0 Å². The largest absolute Gasteiger partial charge is 0.417 e. The Kier molecular flexibility index (Phi) is 4.08. The maximum Gasteiger partial charge on any atom is 0.211 e. The van der Waals surface area contributed by atoms with Gasteiger partial charge in [0.15, 0.2) is 0 Å². The van der Waals surface area contributed by atoms with Gasteiger partial charge in [-0.15, -0.1) is 0 Å². The van der Waals surface area contributed by atoms with Crippen molar-refractivity contribution in [3.63, 3.8) is 0 Å². The molecular weight excluding hydrogens is 159 g/mol. The van der Waals surface area contributed by atoms with Gasteiger partial charge < -0.3 is 4.43 Å². The smallest absolute Gasteiger partial charge is 0.211 e. The molecule has 1 aliphatic heterocycles. The highest BCUT2D eigenvalue weighted by atomic mass is 28.3. The van der Waals surface area contributed by atoms with Crippen LogP contribution in [0.3, 0.4) is 0 Å². The molecule has 0 bridgehead atoms. The van der Waals surface area contributed by atoms with Crippen molar-refractivity contribution in [3.8, 4) is 0 Å². The molecule has 66 valence electrons. The van der Waals surface area contributed by atoms with Crippen molar-refractivity contribution in [2.45, 2.75) is 44.4 Å². The van der Waals surface area contributed by atoms with E-state index in [4.69, 9.17) is 4.43 Å². The summed E-state index contributed by atoms with van der Waals surface area (Å²) >= 11 is 0. The molecule has 1 heterocycles. The van der Waals surface area contributed by atoms with Crippen LogP contribution in [-0.4, -0.2) is 21.4 Å². The van der Waals surface area contributed by atoms with Gasteiger partial charge in [0.1, 0.15) is 5.79 Å². The minimum absolute atomic E-state index is 0.583. The van der Waals surface area contributed by atoms with Crippen LogP contribution in [0.25, 0.3) is 0 Å². The molecule has 0 saturated carbocycles.